The summed E-state index contributed by atoms with van der Waals surface area (Å²) in [5, 5.41) is 0. The van der Waals surface area contributed by atoms with Gasteiger partial charge in [-0.05, 0) is 41.2 Å². The van der Waals surface area contributed by atoms with Gasteiger partial charge in [-0.2, -0.15) is 0 Å². The summed E-state index contributed by atoms with van der Waals surface area (Å²) in [6.07, 6.45) is 20.2. The van der Waals surface area contributed by atoms with Crippen molar-refractivity contribution < 1.29 is 47.6 Å². The lowest BCUT2D eigenvalue weighted by Crippen LogP contribution is -3.00. The first kappa shape index (κ1) is 39.9. The maximum atomic E-state index is 12.9. The van der Waals surface area contributed by atoms with Gasteiger partial charge in [-0.1, -0.05) is 111 Å². The molecule has 0 spiro atoms. The van der Waals surface area contributed by atoms with Crippen LogP contribution in [0.25, 0.3) is 0 Å². The third kappa shape index (κ3) is 15.7. The average molecular weight is 723 g/mol. The number of unbranched alkanes of at least 4 members (excludes halogenated alkanes) is 11. The van der Waals surface area contributed by atoms with Crippen molar-refractivity contribution in [3.8, 4) is 5.75 Å². The molecule has 248 valence electrons. The molecule has 44 heavy (non-hydrogen) atoms. The second-order valence-electron chi connectivity index (χ2n) is 12.9. The van der Waals surface area contributed by atoms with E-state index in [2.05, 4.69) is 45.3 Å². The predicted octanol–water partition coefficient (Wildman–Crippen LogP) is 6.45. The van der Waals surface area contributed by atoms with Gasteiger partial charge in [0.25, 0.3) is 0 Å². The van der Waals surface area contributed by atoms with Gasteiger partial charge in [-0.3, -0.25) is 4.79 Å². The zero-order valence-corrected chi connectivity index (χ0v) is 30.6. The third-order valence-electron chi connectivity index (χ3n) is 7.81. The van der Waals surface area contributed by atoms with Crippen LogP contribution in [-0.2, 0) is 34.6 Å². The monoisotopic (exact) mass is 722 g/mol. The lowest BCUT2D eigenvalue weighted by molar-refractivity contribution is -0.697. The summed E-state index contributed by atoms with van der Waals surface area (Å²) in [6, 6.07) is 9.85. The Morgan fingerprint density at radius 3 is 2.00 bits per heavy atom. The minimum Gasteiger partial charge on any atom is -1.00 e. The molecule has 0 unspecified atom stereocenters. The number of pyridine rings is 1. The number of imide groups is 1. The van der Waals surface area contributed by atoms with Crippen LogP contribution in [0.15, 0.2) is 42.7 Å². The second-order valence-corrected chi connectivity index (χ2v) is 12.9. The quantitative estimate of drug-likeness (QED) is 0.0897. The van der Waals surface area contributed by atoms with Gasteiger partial charge in [0.05, 0.1) is 13.2 Å². The van der Waals surface area contributed by atoms with Gasteiger partial charge in [0.2, 0.25) is 5.91 Å². The predicted molar refractivity (Wildman–Crippen MR) is 175 cm³/mol. The van der Waals surface area contributed by atoms with Crippen molar-refractivity contribution >= 4 is 12.0 Å². The van der Waals surface area contributed by atoms with Gasteiger partial charge in [-0.25, -0.2) is 14.3 Å². The van der Waals surface area contributed by atoms with E-state index in [1.54, 1.807) is 0 Å². The van der Waals surface area contributed by atoms with Crippen LogP contribution in [-0.4, -0.2) is 23.5 Å². The van der Waals surface area contributed by atoms with E-state index in [0.717, 1.165) is 46.7 Å². The Labute approximate surface area is 285 Å². The van der Waals surface area contributed by atoms with Crippen LogP contribution in [0.2, 0.25) is 0 Å². The van der Waals surface area contributed by atoms with Crippen molar-refractivity contribution in [2.75, 3.05) is 6.61 Å². The molecular formula is C37H59IN2O4. The summed E-state index contributed by atoms with van der Waals surface area (Å²) in [5.41, 5.74) is 2.72. The van der Waals surface area contributed by atoms with Gasteiger partial charge in [-0.15, -0.1) is 0 Å². The molecule has 6 nitrogen and oxygen atoms in total. The van der Waals surface area contributed by atoms with Crippen molar-refractivity contribution in [1.82, 2.24) is 4.90 Å². The SMILES string of the molecule is CCCCCCCCCCCCCCOc1ccc(COC(=O)N(Cc2ccc[n+](CCC)c2)C(C)=O)cc1C(C)(C)C.[I-]. The average Bonchev–Trinajstić information content (AvgIpc) is 2.97. The Balaban J connectivity index is 0.00000968. The summed E-state index contributed by atoms with van der Waals surface area (Å²) in [7, 11) is 0. The van der Waals surface area contributed by atoms with E-state index in [0.29, 0.717) is 6.61 Å². The highest BCUT2D eigenvalue weighted by Crippen LogP contribution is 2.33. The second kappa shape index (κ2) is 22.4. The molecule has 1 aromatic heterocycles. The molecule has 1 heterocycles. The highest BCUT2D eigenvalue weighted by atomic mass is 127. The first-order chi connectivity index (χ1) is 20.7. The number of halogens is 1. The molecule has 7 heteroatoms. The fraction of sp³-hybridized carbons (Fsp3) is 0.649. The van der Waals surface area contributed by atoms with E-state index in [1.807, 2.05) is 36.7 Å². The molecule has 0 aliphatic rings. The van der Waals surface area contributed by atoms with Crippen LogP contribution in [0.4, 0.5) is 4.79 Å². The standard InChI is InChI=1S/C37H59N2O4.HI/c1-7-9-10-11-12-13-14-15-16-17-18-19-26-42-35-23-22-32(27-34(35)37(4,5)6)30-43-36(41)39(31(3)40)29-33-21-20-25-38(28-33)24-8-2;/h20-23,25,27-28H,7-19,24,26,29-30H2,1-6H3;1H/q+1;/p-1. The topological polar surface area (TPSA) is 59.7 Å². The normalized spacial score (nSPS) is 11.1. The molecule has 0 atom stereocenters. The number of hydrogen-bond acceptors (Lipinski definition) is 4. The zero-order chi connectivity index (χ0) is 31.5. The summed E-state index contributed by atoms with van der Waals surface area (Å²) in [4.78, 5) is 26.4. The Morgan fingerprint density at radius 2 is 1.43 bits per heavy atom. The van der Waals surface area contributed by atoms with Crippen LogP contribution in [0.3, 0.4) is 0 Å². The molecular weight excluding hydrogens is 663 g/mol. The summed E-state index contributed by atoms with van der Waals surface area (Å²) >= 11 is 0. The molecule has 0 N–H and O–H groups in total. The fourth-order valence-electron chi connectivity index (χ4n) is 5.28. The van der Waals surface area contributed by atoms with E-state index in [4.69, 9.17) is 9.47 Å². The number of nitrogens with zero attached hydrogens (tertiary/aromatic N) is 2. The lowest BCUT2D eigenvalue weighted by Gasteiger charge is -2.24. The molecule has 0 saturated carbocycles. The molecule has 0 aliphatic heterocycles. The van der Waals surface area contributed by atoms with Crippen LogP contribution < -0.4 is 33.3 Å². The maximum Gasteiger partial charge on any atom is 0.417 e. The van der Waals surface area contributed by atoms with Crippen molar-refractivity contribution in [2.45, 2.75) is 150 Å². The van der Waals surface area contributed by atoms with Gasteiger partial charge in [0.15, 0.2) is 12.4 Å². The highest BCUT2D eigenvalue weighted by molar-refractivity contribution is 5.90. The number of rotatable bonds is 20. The van der Waals surface area contributed by atoms with E-state index >= 15 is 0 Å². The molecule has 0 bridgehead atoms. The Kier molecular flexibility index (Phi) is 20.3. The van der Waals surface area contributed by atoms with E-state index in [9.17, 15) is 9.59 Å². The smallest absolute Gasteiger partial charge is 0.417 e. The number of aryl methyl sites for hydroxylation is 1. The Hall–Kier alpha value is -2.16. The van der Waals surface area contributed by atoms with Gasteiger partial charge >= 0.3 is 6.09 Å². The molecule has 2 aromatic rings. The van der Waals surface area contributed by atoms with Crippen molar-refractivity contribution in [2.24, 2.45) is 0 Å². The molecule has 0 fully saturated rings. The number of ether oxygens (including phenoxy) is 2. The lowest BCUT2D eigenvalue weighted by atomic mass is 9.85. The van der Waals surface area contributed by atoms with Gasteiger partial charge in [0, 0.05) is 25.0 Å². The number of hydrogen-bond donors (Lipinski definition) is 0. The molecule has 0 radical (unpaired) electrons. The van der Waals surface area contributed by atoms with Crippen molar-refractivity contribution in [1.29, 1.82) is 0 Å². The fourth-order valence-corrected chi connectivity index (χ4v) is 5.28. The number of carbonyl (C=O) groups is 2. The zero-order valence-electron chi connectivity index (χ0n) is 28.5. The van der Waals surface area contributed by atoms with Crippen molar-refractivity contribution in [3.63, 3.8) is 0 Å². The Bertz CT molecular complexity index is 1100. The van der Waals surface area contributed by atoms with E-state index in [-0.39, 0.29) is 48.5 Å². The summed E-state index contributed by atoms with van der Waals surface area (Å²) in [5.74, 6) is 0.549. The summed E-state index contributed by atoms with van der Waals surface area (Å²) < 4.78 is 13.9. The van der Waals surface area contributed by atoms with Gasteiger partial charge < -0.3 is 33.5 Å². The van der Waals surface area contributed by atoms with Crippen molar-refractivity contribution in [3.05, 3.63) is 59.4 Å². The molecule has 2 rings (SSSR count). The molecule has 1 aromatic carbocycles. The first-order valence-electron chi connectivity index (χ1n) is 16.8. The van der Waals surface area contributed by atoms with Gasteiger partial charge in [0.1, 0.15) is 18.9 Å². The van der Waals surface area contributed by atoms with Crippen LogP contribution in [0.5, 0.6) is 5.75 Å². The minimum atomic E-state index is -0.636. The molecule has 0 saturated heterocycles. The molecule has 0 aliphatic carbocycles. The summed E-state index contributed by atoms with van der Waals surface area (Å²) in [6.45, 7) is 14.1. The Morgan fingerprint density at radius 1 is 0.818 bits per heavy atom. The number of carbonyl (C=O) groups excluding carboxylic acids is 2. The minimum absolute atomic E-state index is 0. The van der Waals surface area contributed by atoms with Crippen LogP contribution in [0, 0.1) is 0 Å². The first-order valence-corrected chi connectivity index (χ1v) is 16.8. The van der Waals surface area contributed by atoms with Crippen LogP contribution >= 0.6 is 0 Å². The maximum absolute atomic E-state index is 12.9. The van der Waals surface area contributed by atoms with E-state index < -0.39 is 6.09 Å². The largest absolute Gasteiger partial charge is 1.00 e. The third-order valence-corrected chi connectivity index (χ3v) is 7.81. The van der Waals surface area contributed by atoms with Crippen LogP contribution in [0.1, 0.15) is 142 Å². The number of aromatic nitrogens is 1. The number of amides is 2. The molecule has 2 amide bonds. The highest BCUT2D eigenvalue weighted by Gasteiger charge is 2.23. The van der Waals surface area contributed by atoms with E-state index in [1.165, 1.54) is 77.6 Å². The number of benzene rings is 1.